The molecule has 0 saturated heterocycles. The molecule has 0 aliphatic heterocycles. The van der Waals surface area contributed by atoms with E-state index >= 15 is 0 Å². The number of phenols is 1. The van der Waals surface area contributed by atoms with E-state index in [4.69, 9.17) is 15.9 Å². The van der Waals surface area contributed by atoms with Crippen LogP contribution < -0.4 is 5.73 Å². The molecular formula is C14H11NO5. The van der Waals surface area contributed by atoms with Crippen molar-refractivity contribution >= 4 is 17.6 Å². The van der Waals surface area contributed by atoms with E-state index in [0.717, 1.165) is 6.07 Å². The van der Waals surface area contributed by atoms with Crippen LogP contribution in [0.3, 0.4) is 0 Å². The van der Waals surface area contributed by atoms with Gasteiger partial charge in [-0.05, 0) is 29.8 Å². The lowest BCUT2D eigenvalue weighted by Gasteiger charge is -2.09. The van der Waals surface area contributed by atoms with E-state index in [-0.39, 0.29) is 33.7 Å². The Kier molecular flexibility index (Phi) is 3.30. The highest BCUT2D eigenvalue weighted by atomic mass is 16.4. The molecule has 2 aromatic rings. The molecule has 0 bridgehead atoms. The zero-order valence-electron chi connectivity index (χ0n) is 10.2. The average Bonchev–Trinajstić information content (AvgIpc) is 2.41. The number of nitrogen functional groups attached to an aromatic ring is 1. The lowest BCUT2D eigenvalue weighted by Crippen LogP contribution is -2.03. The molecular weight excluding hydrogens is 262 g/mol. The Labute approximate surface area is 113 Å². The second-order valence-electron chi connectivity index (χ2n) is 4.15. The molecule has 0 saturated carbocycles. The van der Waals surface area contributed by atoms with Crippen LogP contribution in [0.2, 0.25) is 0 Å². The standard InChI is InChI=1S/C14H11NO5/c15-11-3-1-2-10(12(11)16)7-4-8(13(17)18)6-9(5-7)14(19)20/h1-6,16H,15H2,(H,17,18)(H,19,20). The molecule has 6 heteroatoms. The number of carboxylic acids is 2. The van der Waals surface area contributed by atoms with Crippen LogP contribution in [0.15, 0.2) is 36.4 Å². The maximum absolute atomic E-state index is 11.0. The van der Waals surface area contributed by atoms with Gasteiger partial charge in [0.25, 0.3) is 0 Å². The number of phenolic OH excluding ortho intramolecular Hbond substituents is 1. The summed E-state index contributed by atoms with van der Waals surface area (Å²) in [5, 5.41) is 27.9. The van der Waals surface area contributed by atoms with Gasteiger partial charge in [-0.15, -0.1) is 0 Å². The topological polar surface area (TPSA) is 121 Å². The van der Waals surface area contributed by atoms with Crippen molar-refractivity contribution < 1.29 is 24.9 Å². The zero-order chi connectivity index (χ0) is 14.9. The first-order valence-corrected chi connectivity index (χ1v) is 5.59. The van der Waals surface area contributed by atoms with Crippen molar-refractivity contribution in [3.63, 3.8) is 0 Å². The van der Waals surface area contributed by atoms with E-state index < -0.39 is 11.9 Å². The van der Waals surface area contributed by atoms with Gasteiger partial charge in [-0.25, -0.2) is 9.59 Å². The predicted molar refractivity (Wildman–Crippen MR) is 71.9 cm³/mol. The normalized spacial score (nSPS) is 10.2. The van der Waals surface area contributed by atoms with Gasteiger partial charge in [-0.3, -0.25) is 0 Å². The Bertz CT molecular complexity index is 676. The molecule has 2 aromatic carbocycles. The van der Waals surface area contributed by atoms with Gasteiger partial charge in [-0.2, -0.15) is 0 Å². The van der Waals surface area contributed by atoms with Gasteiger partial charge >= 0.3 is 11.9 Å². The largest absolute Gasteiger partial charge is 0.505 e. The van der Waals surface area contributed by atoms with Crippen LogP contribution in [0.4, 0.5) is 5.69 Å². The minimum absolute atomic E-state index is 0.125. The summed E-state index contributed by atoms with van der Waals surface area (Å²) in [5.74, 6) is -2.72. The number of hydrogen-bond acceptors (Lipinski definition) is 4. The van der Waals surface area contributed by atoms with Gasteiger partial charge in [-0.1, -0.05) is 12.1 Å². The summed E-state index contributed by atoms with van der Waals surface area (Å²) in [6.45, 7) is 0. The molecule has 0 aliphatic carbocycles. The van der Waals surface area contributed by atoms with Crippen molar-refractivity contribution in [2.75, 3.05) is 5.73 Å². The Morgan fingerprint density at radius 2 is 1.50 bits per heavy atom. The second kappa shape index (κ2) is 4.93. The monoisotopic (exact) mass is 273 g/mol. The van der Waals surface area contributed by atoms with E-state index in [0.29, 0.717) is 0 Å². The molecule has 0 aromatic heterocycles. The van der Waals surface area contributed by atoms with Crippen molar-refractivity contribution in [3.05, 3.63) is 47.5 Å². The van der Waals surface area contributed by atoms with E-state index in [1.54, 1.807) is 6.07 Å². The van der Waals surface area contributed by atoms with Crippen molar-refractivity contribution in [3.8, 4) is 16.9 Å². The number of hydrogen-bond donors (Lipinski definition) is 4. The van der Waals surface area contributed by atoms with Crippen molar-refractivity contribution in [2.45, 2.75) is 0 Å². The first-order valence-electron chi connectivity index (χ1n) is 5.59. The number of nitrogens with two attached hydrogens (primary N) is 1. The summed E-state index contributed by atoms with van der Waals surface area (Å²) in [4.78, 5) is 22.1. The molecule has 0 radical (unpaired) electrons. The highest BCUT2D eigenvalue weighted by Crippen LogP contribution is 2.34. The maximum atomic E-state index is 11.0. The fourth-order valence-corrected chi connectivity index (χ4v) is 1.82. The first kappa shape index (κ1) is 13.4. The summed E-state index contributed by atoms with van der Waals surface area (Å²) < 4.78 is 0. The van der Waals surface area contributed by atoms with Gasteiger partial charge in [0.2, 0.25) is 0 Å². The Hall–Kier alpha value is -3.02. The van der Waals surface area contributed by atoms with E-state index in [1.165, 1.54) is 24.3 Å². The third-order valence-electron chi connectivity index (χ3n) is 2.81. The van der Waals surface area contributed by atoms with Crippen molar-refractivity contribution in [1.82, 2.24) is 0 Å². The predicted octanol–water partition coefficient (Wildman–Crippen LogP) is 2.04. The molecule has 0 unspecified atom stereocenters. The molecule has 20 heavy (non-hydrogen) atoms. The number of para-hydroxylation sites is 1. The van der Waals surface area contributed by atoms with Crippen LogP contribution in [0.5, 0.6) is 5.75 Å². The van der Waals surface area contributed by atoms with Crippen molar-refractivity contribution in [1.29, 1.82) is 0 Å². The van der Waals surface area contributed by atoms with Crippen LogP contribution >= 0.6 is 0 Å². The molecule has 0 heterocycles. The molecule has 0 spiro atoms. The molecule has 0 atom stereocenters. The first-order chi connectivity index (χ1) is 9.40. The second-order valence-corrected chi connectivity index (χ2v) is 4.15. The molecule has 2 rings (SSSR count). The van der Waals surface area contributed by atoms with E-state index in [9.17, 15) is 14.7 Å². The smallest absolute Gasteiger partial charge is 0.335 e. The van der Waals surface area contributed by atoms with Gasteiger partial charge in [0.1, 0.15) is 5.75 Å². The molecule has 0 aliphatic rings. The van der Waals surface area contributed by atoms with Crippen LogP contribution in [-0.4, -0.2) is 27.3 Å². The van der Waals surface area contributed by atoms with Gasteiger partial charge in [0, 0.05) is 5.56 Å². The highest BCUT2D eigenvalue weighted by molar-refractivity contribution is 5.96. The number of rotatable bonds is 3. The number of aromatic hydroxyl groups is 1. The molecule has 102 valence electrons. The highest BCUT2D eigenvalue weighted by Gasteiger charge is 2.14. The number of carboxylic acid groups (broad SMARTS) is 2. The lowest BCUT2D eigenvalue weighted by atomic mass is 9.98. The third kappa shape index (κ3) is 2.39. The molecule has 6 nitrogen and oxygen atoms in total. The summed E-state index contributed by atoms with van der Waals surface area (Å²) in [6.07, 6.45) is 0. The van der Waals surface area contributed by atoms with Crippen LogP contribution in [0.25, 0.3) is 11.1 Å². The number of anilines is 1. The number of aromatic carboxylic acids is 2. The van der Waals surface area contributed by atoms with Crippen LogP contribution in [-0.2, 0) is 0 Å². The Balaban J connectivity index is 2.70. The Morgan fingerprint density at radius 1 is 0.950 bits per heavy atom. The van der Waals surface area contributed by atoms with E-state index in [1.807, 2.05) is 0 Å². The quantitative estimate of drug-likeness (QED) is 0.501. The lowest BCUT2D eigenvalue weighted by molar-refractivity contribution is 0.0696. The van der Waals surface area contributed by atoms with Gasteiger partial charge in [0.15, 0.2) is 0 Å². The fourth-order valence-electron chi connectivity index (χ4n) is 1.82. The van der Waals surface area contributed by atoms with Gasteiger partial charge < -0.3 is 21.1 Å². The maximum Gasteiger partial charge on any atom is 0.335 e. The SMILES string of the molecule is Nc1cccc(-c2cc(C(=O)O)cc(C(=O)O)c2)c1O. The minimum Gasteiger partial charge on any atom is -0.505 e. The molecule has 5 N–H and O–H groups in total. The minimum atomic E-state index is -1.25. The average molecular weight is 273 g/mol. The third-order valence-corrected chi connectivity index (χ3v) is 2.81. The van der Waals surface area contributed by atoms with E-state index in [2.05, 4.69) is 0 Å². The zero-order valence-corrected chi connectivity index (χ0v) is 10.2. The summed E-state index contributed by atoms with van der Waals surface area (Å²) in [7, 11) is 0. The van der Waals surface area contributed by atoms with Gasteiger partial charge in [0.05, 0.1) is 16.8 Å². The van der Waals surface area contributed by atoms with Crippen LogP contribution in [0, 0.1) is 0 Å². The summed E-state index contributed by atoms with van der Waals surface area (Å²) in [5.41, 5.74) is 5.88. The van der Waals surface area contributed by atoms with Crippen molar-refractivity contribution in [2.24, 2.45) is 0 Å². The number of benzene rings is 2. The summed E-state index contributed by atoms with van der Waals surface area (Å²) in [6, 6.07) is 8.21. The van der Waals surface area contributed by atoms with Crippen LogP contribution in [0.1, 0.15) is 20.7 Å². The molecule has 0 fully saturated rings. The number of carbonyl (C=O) groups is 2. The molecule has 0 amide bonds. The fraction of sp³-hybridized carbons (Fsp3) is 0. The Morgan fingerprint density at radius 3 is 2.00 bits per heavy atom. The summed E-state index contributed by atoms with van der Waals surface area (Å²) >= 11 is 0.